The molecule has 3 N–H and O–H groups in total. The number of hydrogen-bond donors (Lipinski definition) is 2. The Morgan fingerprint density at radius 2 is 2.17 bits per heavy atom. The zero-order chi connectivity index (χ0) is 8.55. The predicted molar refractivity (Wildman–Crippen MR) is 49.4 cm³/mol. The Labute approximate surface area is 71.9 Å². The maximum absolute atomic E-state index is 7.40. The van der Waals surface area contributed by atoms with E-state index < -0.39 is 0 Å². The van der Waals surface area contributed by atoms with Crippen LogP contribution in [0.15, 0.2) is 24.3 Å². The zero-order valence-corrected chi connectivity index (χ0v) is 6.88. The summed E-state index contributed by atoms with van der Waals surface area (Å²) in [5, 5.41) is 7.40. The highest BCUT2D eigenvalue weighted by atomic mass is 14.7. The first-order valence-corrected chi connectivity index (χ1v) is 4.21. The van der Waals surface area contributed by atoms with E-state index in [0.29, 0.717) is 5.84 Å². The van der Waals surface area contributed by atoms with Gasteiger partial charge in [0.1, 0.15) is 0 Å². The minimum absolute atomic E-state index is 0.182. The van der Waals surface area contributed by atoms with Crippen LogP contribution in [0.4, 0.5) is 0 Å². The van der Waals surface area contributed by atoms with Crippen LogP contribution in [0.25, 0.3) is 0 Å². The van der Waals surface area contributed by atoms with Crippen molar-refractivity contribution in [2.75, 3.05) is 0 Å². The fraction of sp³-hybridized carbons (Fsp3) is 0.300. The molecular weight excluding hydrogens is 148 g/mol. The molecule has 0 fully saturated rings. The van der Waals surface area contributed by atoms with Crippen molar-refractivity contribution >= 4 is 5.84 Å². The van der Waals surface area contributed by atoms with Gasteiger partial charge in [0.25, 0.3) is 0 Å². The van der Waals surface area contributed by atoms with E-state index in [-0.39, 0.29) is 5.92 Å². The van der Waals surface area contributed by atoms with Crippen LogP contribution in [-0.2, 0) is 6.42 Å². The van der Waals surface area contributed by atoms with E-state index in [0.717, 1.165) is 12.8 Å². The van der Waals surface area contributed by atoms with Crippen molar-refractivity contribution in [3.63, 3.8) is 0 Å². The lowest BCUT2D eigenvalue weighted by molar-refractivity contribution is 0.836. The quantitative estimate of drug-likeness (QED) is 0.476. The number of amidine groups is 1. The second kappa shape index (κ2) is 2.63. The molecule has 2 nitrogen and oxygen atoms in total. The highest BCUT2D eigenvalue weighted by Crippen LogP contribution is 2.32. The van der Waals surface area contributed by atoms with E-state index >= 15 is 0 Å². The minimum Gasteiger partial charge on any atom is -0.387 e. The second-order valence-electron chi connectivity index (χ2n) is 3.25. The number of nitrogens with one attached hydrogen (secondary N) is 1. The average Bonchev–Trinajstić information content (AvgIpc) is 2.47. The Bertz CT molecular complexity index is 317. The van der Waals surface area contributed by atoms with E-state index in [1.807, 2.05) is 12.1 Å². The summed E-state index contributed by atoms with van der Waals surface area (Å²) in [7, 11) is 0. The Hall–Kier alpha value is -1.31. The van der Waals surface area contributed by atoms with Crippen LogP contribution in [0.5, 0.6) is 0 Å². The summed E-state index contributed by atoms with van der Waals surface area (Å²) >= 11 is 0. The van der Waals surface area contributed by atoms with Crippen molar-refractivity contribution in [3.05, 3.63) is 35.4 Å². The molecule has 1 aromatic carbocycles. The van der Waals surface area contributed by atoms with Gasteiger partial charge in [-0.15, -0.1) is 0 Å². The molecule has 2 heteroatoms. The fourth-order valence-corrected chi connectivity index (χ4v) is 1.88. The summed E-state index contributed by atoms with van der Waals surface area (Å²) in [5.41, 5.74) is 8.11. The van der Waals surface area contributed by atoms with Gasteiger partial charge in [0, 0.05) is 5.92 Å². The summed E-state index contributed by atoms with van der Waals surface area (Å²) in [4.78, 5) is 0. The minimum atomic E-state index is 0.182. The lowest BCUT2D eigenvalue weighted by Crippen LogP contribution is -2.18. The molecule has 1 aromatic rings. The highest BCUT2D eigenvalue weighted by molar-refractivity contribution is 5.85. The monoisotopic (exact) mass is 160 g/mol. The van der Waals surface area contributed by atoms with Crippen molar-refractivity contribution in [3.8, 4) is 0 Å². The van der Waals surface area contributed by atoms with Crippen LogP contribution in [0.3, 0.4) is 0 Å². The number of hydrogen-bond acceptors (Lipinski definition) is 1. The third-order valence-electron chi connectivity index (χ3n) is 2.51. The van der Waals surface area contributed by atoms with Crippen molar-refractivity contribution in [1.82, 2.24) is 0 Å². The molecule has 1 aliphatic rings. The predicted octanol–water partition coefficient (Wildman–Crippen LogP) is 1.65. The standard InChI is InChI=1S/C10H12N2/c11-10(12)9-6-5-7-3-1-2-4-8(7)9/h1-4,9H,5-6H2,(H3,11,12). The molecular formula is C10H12N2. The van der Waals surface area contributed by atoms with Gasteiger partial charge in [-0.05, 0) is 24.0 Å². The highest BCUT2D eigenvalue weighted by Gasteiger charge is 2.23. The molecule has 12 heavy (non-hydrogen) atoms. The van der Waals surface area contributed by atoms with Crippen molar-refractivity contribution in [2.45, 2.75) is 18.8 Å². The van der Waals surface area contributed by atoms with Crippen molar-refractivity contribution in [1.29, 1.82) is 5.41 Å². The lowest BCUT2D eigenvalue weighted by Gasteiger charge is -2.07. The molecule has 0 aliphatic heterocycles. The molecule has 0 aromatic heterocycles. The average molecular weight is 160 g/mol. The Morgan fingerprint density at radius 1 is 1.42 bits per heavy atom. The molecule has 0 spiro atoms. The van der Waals surface area contributed by atoms with Gasteiger partial charge in [0.05, 0.1) is 5.84 Å². The van der Waals surface area contributed by atoms with E-state index in [1.54, 1.807) is 0 Å². The Morgan fingerprint density at radius 3 is 2.92 bits per heavy atom. The van der Waals surface area contributed by atoms with Crippen LogP contribution in [0.1, 0.15) is 23.5 Å². The van der Waals surface area contributed by atoms with Crippen LogP contribution in [-0.4, -0.2) is 5.84 Å². The molecule has 0 heterocycles. The van der Waals surface area contributed by atoms with Crippen LogP contribution >= 0.6 is 0 Å². The van der Waals surface area contributed by atoms with Gasteiger partial charge >= 0.3 is 0 Å². The molecule has 62 valence electrons. The van der Waals surface area contributed by atoms with Crippen LogP contribution < -0.4 is 5.73 Å². The van der Waals surface area contributed by atoms with Crippen molar-refractivity contribution < 1.29 is 0 Å². The molecule has 0 radical (unpaired) electrons. The number of nitrogens with two attached hydrogens (primary N) is 1. The Kier molecular flexibility index (Phi) is 1.61. The van der Waals surface area contributed by atoms with Crippen LogP contribution in [0.2, 0.25) is 0 Å². The molecule has 1 unspecified atom stereocenters. The largest absolute Gasteiger partial charge is 0.387 e. The molecule has 1 atom stereocenters. The van der Waals surface area contributed by atoms with Gasteiger partial charge in [0.15, 0.2) is 0 Å². The SMILES string of the molecule is N=C(N)C1CCc2ccccc21. The molecule has 0 amide bonds. The molecule has 0 saturated carbocycles. The molecule has 0 bridgehead atoms. The fourth-order valence-electron chi connectivity index (χ4n) is 1.88. The van der Waals surface area contributed by atoms with E-state index in [4.69, 9.17) is 11.1 Å². The third kappa shape index (κ3) is 0.998. The third-order valence-corrected chi connectivity index (χ3v) is 2.51. The maximum atomic E-state index is 7.40. The number of fused-ring (bicyclic) bond motifs is 1. The van der Waals surface area contributed by atoms with Gasteiger partial charge in [-0.1, -0.05) is 24.3 Å². The lowest BCUT2D eigenvalue weighted by atomic mass is 10.0. The van der Waals surface area contributed by atoms with Gasteiger partial charge in [-0.2, -0.15) is 0 Å². The Balaban J connectivity index is 2.42. The van der Waals surface area contributed by atoms with Crippen molar-refractivity contribution in [2.24, 2.45) is 5.73 Å². The molecule has 1 aliphatic carbocycles. The summed E-state index contributed by atoms with van der Waals surface area (Å²) < 4.78 is 0. The van der Waals surface area contributed by atoms with Gasteiger partial charge < -0.3 is 5.73 Å². The zero-order valence-electron chi connectivity index (χ0n) is 6.88. The maximum Gasteiger partial charge on any atom is 0.0982 e. The van der Waals surface area contributed by atoms with E-state index in [9.17, 15) is 0 Å². The van der Waals surface area contributed by atoms with Crippen LogP contribution in [0, 0.1) is 5.41 Å². The topological polar surface area (TPSA) is 49.9 Å². The van der Waals surface area contributed by atoms with E-state index in [2.05, 4.69) is 12.1 Å². The summed E-state index contributed by atoms with van der Waals surface area (Å²) in [6.07, 6.45) is 2.08. The summed E-state index contributed by atoms with van der Waals surface area (Å²) in [5.74, 6) is 0.487. The van der Waals surface area contributed by atoms with Gasteiger partial charge in [0.2, 0.25) is 0 Å². The first-order valence-electron chi connectivity index (χ1n) is 4.21. The number of benzene rings is 1. The van der Waals surface area contributed by atoms with Gasteiger partial charge in [-0.25, -0.2) is 0 Å². The summed E-state index contributed by atoms with van der Waals surface area (Å²) in [6.45, 7) is 0. The summed E-state index contributed by atoms with van der Waals surface area (Å²) in [6, 6.07) is 8.26. The normalized spacial score (nSPS) is 20.5. The van der Waals surface area contributed by atoms with Gasteiger partial charge in [-0.3, -0.25) is 5.41 Å². The number of aryl methyl sites for hydroxylation is 1. The molecule has 0 saturated heterocycles. The molecule has 2 rings (SSSR count). The van der Waals surface area contributed by atoms with E-state index in [1.165, 1.54) is 11.1 Å². The second-order valence-corrected chi connectivity index (χ2v) is 3.25. The first kappa shape index (κ1) is 7.35. The number of rotatable bonds is 1. The smallest absolute Gasteiger partial charge is 0.0982 e. The first-order chi connectivity index (χ1) is 5.79.